The number of ether oxygens (including phenoxy) is 4. The van der Waals surface area contributed by atoms with E-state index in [2.05, 4.69) is 13.8 Å². The average molecular weight is 844 g/mol. The van der Waals surface area contributed by atoms with Crippen LogP contribution in [-0.2, 0) is 44.8 Å². The Morgan fingerprint density at radius 1 is 0.340 bits per heavy atom. The minimum atomic E-state index is -0.930. The molecule has 0 saturated heterocycles. The minimum absolute atomic E-state index is 0. The van der Waals surface area contributed by atoms with Crippen molar-refractivity contribution in [1.29, 1.82) is 0 Å². The Morgan fingerprint density at radius 3 is 0.766 bits per heavy atom. The first-order valence-electron chi connectivity index (χ1n) is 19.0. The first-order valence-corrected chi connectivity index (χ1v) is 19.0. The predicted octanol–water partition coefficient (Wildman–Crippen LogP) is 6.80. The summed E-state index contributed by atoms with van der Waals surface area (Å²) in [6.45, 7) is 17.5. The molecule has 0 aromatic carbocycles. The molecule has 0 aliphatic rings. The molecular formula is C38H80HfO8. The van der Waals surface area contributed by atoms with Crippen LogP contribution in [0, 0.1) is 0 Å². The summed E-state index contributed by atoms with van der Waals surface area (Å²) in [5.74, 6) is 0. The van der Waals surface area contributed by atoms with Gasteiger partial charge in [-0.25, -0.2) is 0 Å². The molecular weight excluding hydrogens is 763 g/mol. The maximum Gasteiger partial charge on any atom is 4.00 e. The molecule has 9 heteroatoms. The summed E-state index contributed by atoms with van der Waals surface area (Å²) in [5, 5.41) is 40.2. The van der Waals surface area contributed by atoms with Crippen LogP contribution in [0.25, 0.3) is 0 Å². The summed E-state index contributed by atoms with van der Waals surface area (Å²) in [7, 11) is 0. The van der Waals surface area contributed by atoms with Gasteiger partial charge >= 0.3 is 25.8 Å². The number of rotatable bonds is 30. The van der Waals surface area contributed by atoms with Crippen molar-refractivity contribution in [1.82, 2.24) is 0 Å². The summed E-state index contributed by atoms with van der Waals surface area (Å²) in [5.41, 5.74) is 0. The van der Waals surface area contributed by atoms with Gasteiger partial charge in [-0.3, -0.25) is 0 Å². The van der Waals surface area contributed by atoms with Crippen molar-refractivity contribution in [2.75, 3.05) is 39.6 Å². The smallest absolute Gasteiger partial charge is 0.852 e. The fourth-order valence-electron chi connectivity index (χ4n) is 4.13. The second-order valence-electron chi connectivity index (χ2n) is 12.6. The zero-order chi connectivity index (χ0) is 35.5. The Morgan fingerprint density at radius 2 is 0.553 bits per heavy atom. The predicted molar refractivity (Wildman–Crippen MR) is 186 cm³/mol. The van der Waals surface area contributed by atoms with Crippen LogP contribution in [0.2, 0.25) is 0 Å². The van der Waals surface area contributed by atoms with E-state index in [1.807, 2.05) is 0 Å². The van der Waals surface area contributed by atoms with Crippen molar-refractivity contribution in [3.63, 3.8) is 0 Å². The van der Waals surface area contributed by atoms with E-state index in [1.165, 1.54) is 129 Å². The zero-order valence-electron chi connectivity index (χ0n) is 32.5. The standard InChI is InChI=1S/2C16H33O3.2C3H7O.Hf/c2*1-3-4-5-6-7-8-9-10-11-12-13-18-14-15-19-16(2)17;2*1-3(2)4;/h2*16H,3-15H2,1-2H3;2*3H,1-2H3;/q4*-1;+4. The maximum atomic E-state index is 10.6. The molecule has 2 unspecified atom stereocenters. The second kappa shape index (κ2) is 53.3. The molecule has 8 nitrogen and oxygen atoms in total. The van der Waals surface area contributed by atoms with E-state index >= 15 is 0 Å². The zero-order valence-corrected chi connectivity index (χ0v) is 36.1. The third-order valence-electron chi connectivity index (χ3n) is 6.44. The van der Waals surface area contributed by atoms with Gasteiger partial charge in [-0.05, 0) is 25.4 Å². The third-order valence-corrected chi connectivity index (χ3v) is 6.44. The van der Waals surface area contributed by atoms with Crippen LogP contribution in [0.15, 0.2) is 0 Å². The molecule has 0 aliphatic carbocycles. The van der Waals surface area contributed by atoms with Gasteiger partial charge in [-0.2, -0.15) is 0 Å². The van der Waals surface area contributed by atoms with Gasteiger partial charge in [0, 0.05) is 13.2 Å². The van der Waals surface area contributed by atoms with E-state index < -0.39 is 24.8 Å². The molecule has 0 radical (unpaired) electrons. The first kappa shape index (κ1) is 56.9. The summed E-state index contributed by atoms with van der Waals surface area (Å²) in [6.07, 6.45) is 24.1. The van der Waals surface area contributed by atoms with Crippen LogP contribution in [0.3, 0.4) is 0 Å². The third kappa shape index (κ3) is 87.2. The molecule has 2 atom stereocenters. The molecule has 0 saturated carbocycles. The number of hydrogen-bond acceptors (Lipinski definition) is 8. The molecule has 0 rings (SSSR count). The van der Waals surface area contributed by atoms with Crippen LogP contribution in [-0.4, -0.2) is 64.4 Å². The summed E-state index contributed by atoms with van der Waals surface area (Å²) < 4.78 is 20.5. The molecule has 47 heavy (non-hydrogen) atoms. The minimum Gasteiger partial charge on any atom is -0.852 e. The fourth-order valence-corrected chi connectivity index (χ4v) is 4.13. The Labute approximate surface area is 312 Å². The molecule has 0 spiro atoms. The molecule has 0 aromatic heterocycles. The largest absolute Gasteiger partial charge is 4.00 e. The topological polar surface area (TPSA) is 129 Å². The normalized spacial score (nSPS) is 11.9. The second-order valence-corrected chi connectivity index (χ2v) is 12.6. The summed E-state index contributed by atoms with van der Waals surface area (Å²) in [6, 6.07) is 0. The van der Waals surface area contributed by atoms with Gasteiger partial charge < -0.3 is 39.4 Å². The van der Waals surface area contributed by atoms with E-state index in [0.29, 0.717) is 26.4 Å². The maximum absolute atomic E-state index is 10.6. The molecule has 0 aromatic rings. The van der Waals surface area contributed by atoms with E-state index in [9.17, 15) is 20.4 Å². The average Bonchev–Trinajstić information content (AvgIpc) is 2.97. The van der Waals surface area contributed by atoms with Crippen molar-refractivity contribution in [3.8, 4) is 0 Å². The Bertz CT molecular complexity index is 435. The van der Waals surface area contributed by atoms with Crippen molar-refractivity contribution in [2.45, 2.75) is 209 Å². The van der Waals surface area contributed by atoms with Gasteiger partial charge in [-0.15, -0.1) is 12.2 Å². The SMILES string of the molecule is CC(C)[O-].CC(C)[O-].CCCCCCCCCCCCOCCOC(C)[O-].CCCCCCCCCCCCOCCOC(C)[O-].[Hf+4]. The van der Waals surface area contributed by atoms with Gasteiger partial charge in [0.05, 0.1) is 26.4 Å². The van der Waals surface area contributed by atoms with Gasteiger partial charge in [0.25, 0.3) is 0 Å². The Hall–Kier alpha value is 0.550. The van der Waals surface area contributed by atoms with Crippen LogP contribution in [0.4, 0.5) is 0 Å². The molecule has 284 valence electrons. The fraction of sp³-hybridized carbons (Fsp3) is 1.00. The van der Waals surface area contributed by atoms with E-state index in [-0.39, 0.29) is 25.8 Å². The number of hydrogen-bond donors (Lipinski definition) is 0. The Balaban J connectivity index is -0.000000200. The van der Waals surface area contributed by atoms with Gasteiger partial charge in [0.1, 0.15) is 0 Å². The molecule has 0 fully saturated rings. The van der Waals surface area contributed by atoms with Crippen molar-refractivity contribution in [3.05, 3.63) is 0 Å². The van der Waals surface area contributed by atoms with Crippen molar-refractivity contribution >= 4 is 0 Å². The van der Waals surface area contributed by atoms with Crippen molar-refractivity contribution in [2.24, 2.45) is 0 Å². The van der Waals surface area contributed by atoms with Crippen molar-refractivity contribution < 1.29 is 65.2 Å². The van der Waals surface area contributed by atoms with Crippen LogP contribution in [0.1, 0.15) is 184 Å². The van der Waals surface area contributed by atoms with E-state index in [0.717, 1.165) is 26.1 Å². The van der Waals surface area contributed by atoms with Crippen LogP contribution < -0.4 is 20.4 Å². The quantitative estimate of drug-likeness (QED) is 0.0439. The summed E-state index contributed by atoms with van der Waals surface area (Å²) >= 11 is 0. The van der Waals surface area contributed by atoms with Crippen LogP contribution >= 0.6 is 0 Å². The Kier molecular flexibility index (Phi) is 64.6. The van der Waals surface area contributed by atoms with E-state index in [1.54, 1.807) is 27.7 Å². The monoisotopic (exact) mass is 845 g/mol. The van der Waals surface area contributed by atoms with E-state index in [4.69, 9.17) is 18.9 Å². The molecule has 0 amide bonds. The molecule has 0 N–H and O–H groups in total. The number of unbranched alkanes of at least 4 members (excludes halogenated alkanes) is 18. The van der Waals surface area contributed by atoms with Gasteiger partial charge in [-0.1, -0.05) is 171 Å². The first-order chi connectivity index (χ1) is 22.0. The van der Waals surface area contributed by atoms with Gasteiger partial charge in [0.15, 0.2) is 0 Å². The molecule has 0 heterocycles. The summed E-state index contributed by atoms with van der Waals surface area (Å²) in [4.78, 5) is 0. The van der Waals surface area contributed by atoms with Crippen LogP contribution in [0.5, 0.6) is 0 Å². The molecule has 0 aliphatic heterocycles. The van der Waals surface area contributed by atoms with Gasteiger partial charge in [0.2, 0.25) is 0 Å². The molecule has 0 bridgehead atoms.